The van der Waals surface area contributed by atoms with Crippen LogP contribution in [0.2, 0.25) is 0 Å². The Balaban J connectivity index is 1.30. The molecule has 0 bridgehead atoms. The molecule has 0 aromatic heterocycles. The van der Waals surface area contributed by atoms with E-state index < -0.39 is 0 Å². The van der Waals surface area contributed by atoms with Gasteiger partial charge in [0.25, 0.3) is 0 Å². The van der Waals surface area contributed by atoms with Gasteiger partial charge in [-0.1, -0.05) is 109 Å². The molecule has 6 aromatic rings. The first-order chi connectivity index (χ1) is 20.7. The van der Waals surface area contributed by atoms with Crippen molar-refractivity contribution in [3.63, 3.8) is 0 Å². The van der Waals surface area contributed by atoms with Crippen molar-refractivity contribution in [3.05, 3.63) is 168 Å². The molecule has 0 unspecified atom stereocenters. The number of thiocarbonyl (C=S) groups is 1. The highest BCUT2D eigenvalue weighted by molar-refractivity contribution is 7.81. The van der Waals surface area contributed by atoms with Gasteiger partial charge in [0.15, 0.2) is 5.78 Å². The SMILES string of the molecule is O=C1c2ccccc2C(=S)c2c(-c3ccc(Oc4ccccc4)cc3)ccc(-c3ccc(Oc4ccccc4)cc3)c21. The Kier molecular flexibility index (Phi) is 6.67. The molecule has 0 fully saturated rings. The number of para-hydroxylation sites is 2. The predicted octanol–water partition coefficient (Wildman–Crippen LogP) is 9.92. The molecule has 0 atom stereocenters. The Morgan fingerprint density at radius 3 is 1.29 bits per heavy atom. The van der Waals surface area contributed by atoms with Gasteiger partial charge in [-0.2, -0.15) is 0 Å². The molecule has 3 nitrogen and oxygen atoms in total. The molecule has 7 rings (SSSR count). The molecular formula is C38H24O3S. The highest BCUT2D eigenvalue weighted by atomic mass is 32.1. The van der Waals surface area contributed by atoms with Crippen LogP contribution in [0.1, 0.15) is 27.0 Å². The fraction of sp³-hybridized carbons (Fsp3) is 0. The summed E-state index contributed by atoms with van der Waals surface area (Å²) in [5, 5.41) is 0. The van der Waals surface area contributed by atoms with E-state index in [9.17, 15) is 4.79 Å². The van der Waals surface area contributed by atoms with E-state index in [0.29, 0.717) is 16.0 Å². The van der Waals surface area contributed by atoms with Crippen LogP contribution in [-0.4, -0.2) is 10.6 Å². The van der Waals surface area contributed by atoms with E-state index in [-0.39, 0.29) is 5.78 Å². The molecule has 0 N–H and O–H groups in total. The first-order valence-corrected chi connectivity index (χ1v) is 14.1. The number of hydrogen-bond donors (Lipinski definition) is 0. The molecule has 1 aliphatic carbocycles. The lowest BCUT2D eigenvalue weighted by molar-refractivity contribution is 0.103. The Morgan fingerprint density at radius 1 is 0.381 bits per heavy atom. The third-order valence-electron chi connectivity index (χ3n) is 7.36. The molecule has 0 radical (unpaired) electrons. The van der Waals surface area contributed by atoms with Crippen molar-refractivity contribution in [1.82, 2.24) is 0 Å². The van der Waals surface area contributed by atoms with E-state index in [0.717, 1.165) is 56.4 Å². The quantitative estimate of drug-likeness (QED) is 0.190. The topological polar surface area (TPSA) is 35.5 Å². The fourth-order valence-electron chi connectivity index (χ4n) is 5.36. The molecule has 1 aliphatic rings. The number of benzene rings is 6. The lowest BCUT2D eigenvalue weighted by Crippen LogP contribution is -2.22. The number of ketones is 1. The highest BCUT2D eigenvalue weighted by Gasteiger charge is 2.32. The maximum Gasteiger partial charge on any atom is 0.194 e. The summed E-state index contributed by atoms with van der Waals surface area (Å²) in [5.74, 6) is 2.97. The Bertz CT molecular complexity index is 1790. The normalized spacial score (nSPS) is 11.9. The van der Waals surface area contributed by atoms with Gasteiger partial charge < -0.3 is 9.47 Å². The van der Waals surface area contributed by atoms with Crippen molar-refractivity contribution >= 4 is 22.9 Å². The second kappa shape index (κ2) is 10.9. The van der Waals surface area contributed by atoms with E-state index >= 15 is 0 Å². The number of hydrogen-bond acceptors (Lipinski definition) is 4. The van der Waals surface area contributed by atoms with Crippen LogP contribution in [0.15, 0.2) is 146 Å². The van der Waals surface area contributed by atoms with Gasteiger partial charge in [-0.05, 0) is 70.8 Å². The molecule has 42 heavy (non-hydrogen) atoms. The Hall–Kier alpha value is -5.32. The van der Waals surface area contributed by atoms with Gasteiger partial charge in [0.2, 0.25) is 0 Å². The van der Waals surface area contributed by atoms with E-state index in [1.165, 1.54) is 0 Å². The van der Waals surface area contributed by atoms with Crippen molar-refractivity contribution in [2.24, 2.45) is 0 Å². The van der Waals surface area contributed by atoms with Gasteiger partial charge in [-0.25, -0.2) is 0 Å². The Morgan fingerprint density at radius 2 is 0.786 bits per heavy atom. The summed E-state index contributed by atoms with van der Waals surface area (Å²) in [6.45, 7) is 0. The number of carbonyl (C=O) groups is 1. The van der Waals surface area contributed by atoms with Gasteiger partial charge in [0, 0.05) is 22.3 Å². The Labute approximate surface area is 249 Å². The van der Waals surface area contributed by atoms with Crippen molar-refractivity contribution in [2.75, 3.05) is 0 Å². The smallest absolute Gasteiger partial charge is 0.194 e. The monoisotopic (exact) mass is 560 g/mol. The van der Waals surface area contributed by atoms with Gasteiger partial charge in [-0.15, -0.1) is 0 Å². The van der Waals surface area contributed by atoms with E-state index in [2.05, 4.69) is 6.07 Å². The molecule has 200 valence electrons. The second-order valence-corrected chi connectivity index (χ2v) is 10.4. The summed E-state index contributed by atoms with van der Waals surface area (Å²) in [6.07, 6.45) is 0. The molecule has 6 aromatic carbocycles. The maximum atomic E-state index is 14.1. The number of carbonyl (C=O) groups excluding carboxylic acids is 1. The minimum Gasteiger partial charge on any atom is -0.457 e. The van der Waals surface area contributed by atoms with Crippen molar-refractivity contribution in [3.8, 4) is 45.3 Å². The zero-order chi connectivity index (χ0) is 28.5. The molecule has 4 heteroatoms. The van der Waals surface area contributed by atoms with Crippen LogP contribution in [0.3, 0.4) is 0 Å². The van der Waals surface area contributed by atoms with E-state index in [1.807, 2.05) is 140 Å². The van der Waals surface area contributed by atoms with Gasteiger partial charge in [0.1, 0.15) is 23.0 Å². The van der Waals surface area contributed by atoms with Crippen molar-refractivity contribution < 1.29 is 14.3 Å². The van der Waals surface area contributed by atoms with Crippen LogP contribution in [0, 0.1) is 0 Å². The standard InChI is InChI=1S/C38H24O3S/c39-37-33-13-7-8-14-34(33)38(42)36-32(26-17-21-30(22-18-26)41-28-11-5-2-6-12-28)24-23-31(35(36)37)25-15-19-29(20-16-25)40-27-9-3-1-4-10-27/h1-24H. The molecular weight excluding hydrogens is 536 g/mol. The zero-order valence-electron chi connectivity index (χ0n) is 22.5. The van der Waals surface area contributed by atoms with Gasteiger partial charge in [0.05, 0.1) is 4.86 Å². The van der Waals surface area contributed by atoms with Crippen LogP contribution in [-0.2, 0) is 0 Å². The third-order valence-corrected chi connectivity index (χ3v) is 7.79. The number of rotatable bonds is 6. The first-order valence-electron chi connectivity index (χ1n) is 13.7. The van der Waals surface area contributed by atoms with Crippen LogP contribution < -0.4 is 9.47 Å². The zero-order valence-corrected chi connectivity index (χ0v) is 23.3. The molecule has 0 spiro atoms. The summed E-state index contributed by atoms with van der Waals surface area (Å²) in [4.78, 5) is 14.8. The van der Waals surface area contributed by atoms with E-state index in [4.69, 9.17) is 21.7 Å². The number of ether oxygens (including phenoxy) is 2. The molecule has 0 amide bonds. The maximum absolute atomic E-state index is 14.1. The summed E-state index contributed by atoms with van der Waals surface area (Å²) >= 11 is 6.07. The summed E-state index contributed by atoms with van der Waals surface area (Å²) in [6, 6.07) is 46.7. The third kappa shape index (κ3) is 4.78. The van der Waals surface area contributed by atoms with Crippen molar-refractivity contribution in [1.29, 1.82) is 0 Å². The molecule has 0 aliphatic heterocycles. The average molecular weight is 561 g/mol. The van der Waals surface area contributed by atoms with Crippen LogP contribution in [0.5, 0.6) is 23.0 Å². The van der Waals surface area contributed by atoms with Crippen molar-refractivity contribution in [2.45, 2.75) is 0 Å². The van der Waals surface area contributed by atoms with Crippen LogP contribution in [0.4, 0.5) is 0 Å². The lowest BCUT2D eigenvalue weighted by Gasteiger charge is -2.25. The van der Waals surface area contributed by atoms with Crippen LogP contribution >= 0.6 is 12.2 Å². The van der Waals surface area contributed by atoms with Gasteiger partial charge in [-0.3, -0.25) is 4.79 Å². The molecule has 0 saturated heterocycles. The van der Waals surface area contributed by atoms with Crippen LogP contribution in [0.25, 0.3) is 22.3 Å². The molecule has 0 heterocycles. The summed E-state index contributed by atoms with van der Waals surface area (Å²) < 4.78 is 12.0. The second-order valence-electron chi connectivity index (χ2n) is 9.99. The fourth-order valence-corrected chi connectivity index (χ4v) is 5.75. The largest absolute Gasteiger partial charge is 0.457 e. The summed E-state index contributed by atoms with van der Waals surface area (Å²) in [7, 11) is 0. The lowest BCUT2D eigenvalue weighted by atomic mass is 9.78. The highest BCUT2D eigenvalue weighted by Crippen LogP contribution is 2.41. The molecule has 0 saturated carbocycles. The predicted molar refractivity (Wildman–Crippen MR) is 171 cm³/mol. The summed E-state index contributed by atoms with van der Waals surface area (Å²) in [5.41, 5.74) is 6.45. The van der Waals surface area contributed by atoms with E-state index in [1.54, 1.807) is 0 Å². The van der Waals surface area contributed by atoms with Gasteiger partial charge >= 0.3 is 0 Å². The minimum absolute atomic E-state index is 0.0281. The number of fused-ring (bicyclic) bond motifs is 2. The first kappa shape index (κ1) is 25.6. The minimum atomic E-state index is -0.0281. The average Bonchev–Trinajstić information content (AvgIpc) is 3.05.